The average Bonchev–Trinajstić information content (AvgIpc) is 3.82. The topological polar surface area (TPSA) is 249 Å². The number of rotatable bonds is 15. The van der Waals surface area contributed by atoms with Crippen LogP contribution in [0.4, 0.5) is 0 Å². The first-order valence-corrected chi connectivity index (χ1v) is 21.7. The van der Waals surface area contributed by atoms with Gasteiger partial charge in [-0.05, 0) is 117 Å². The van der Waals surface area contributed by atoms with Gasteiger partial charge in [-0.1, -0.05) is 48.0 Å². The molecule has 0 spiro atoms. The number of hydrogen-bond acceptors (Lipinski definition) is 10. The summed E-state index contributed by atoms with van der Waals surface area (Å²) in [6.07, 6.45) is 4.72. The second-order valence-corrected chi connectivity index (χ2v) is 16.6. The number of aromatic nitrogens is 2. The minimum atomic E-state index is -1.44. The lowest BCUT2D eigenvalue weighted by atomic mass is 9.93. The van der Waals surface area contributed by atoms with Crippen LogP contribution < -0.4 is 27.0 Å². The number of carbonyl (C=O) groups is 6. The van der Waals surface area contributed by atoms with Crippen LogP contribution in [0.25, 0.3) is 22.3 Å². The number of nitrogens with zero attached hydrogens (tertiary/aromatic N) is 2. The molecule has 0 radical (unpaired) electrons. The number of amides is 5. The van der Waals surface area contributed by atoms with Crippen molar-refractivity contribution in [3.05, 3.63) is 125 Å². The van der Waals surface area contributed by atoms with Crippen LogP contribution in [0.15, 0.2) is 97.5 Å². The summed E-state index contributed by atoms with van der Waals surface area (Å²) in [5, 5.41) is 33.8. The third kappa shape index (κ3) is 12.0. The van der Waals surface area contributed by atoms with Gasteiger partial charge in [-0.25, -0.2) is 4.98 Å². The Labute approximate surface area is 381 Å². The number of unbranched alkanes of at least 4 members (excludes halogenated alkanes) is 1. The average molecular weight is 905 g/mol. The molecule has 0 aliphatic carbocycles. The van der Waals surface area contributed by atoms with E-state index in [0.29, 0.717) is 42.0 Å². The highest BCUT2D eigenvalue weighted by Crippen LogP contribution is 2.39. The summed E-state index contributed by atoms with van der Waals surface area (Å²) in [7, 11) is 1.39. The number of hydrogen-bond donors (Lipinski definition) is 8. The van der Waals surface area contributed by atoms with Crippen molar-refractivity contribution in [2.24, 2.45) is 5.73 Å². The molecule has 65 heavy (non-hydrogen) atoms. The summed E-state index contributed by atoms with van der Waals surface area (Å²) >= 11 is 6.05. The molecule has 0 saturated heterocycles. The molecular formula is C48H53ClN8O8. The molecule has 17 heteroatoms. The van der Waals surface area contributed by atoms with Crippen molar-refractivity contribution in [2.75, 3.05) is 13.6 Å². The van der Waals surface area contributed by atoms with E-state index in [4.69, 9.17) is 17.3 Å². The van der Waals surface area contributed by atoms with Gasteiger partial charge in [0.05, 0.1) is 12.4 Å². The highest BCUT2D eigenvalue weighted by molar-refractivity contribution is 6.30. The van der Waals surface area contributed by atoms with E-state index >= 15 is 0 Å². The van der Waals surface area contributed by atoms with E-state index in [0.717, 1.165) is 21.7 Å². The molecule has 0 saturated carbocycles. The summed E-state index contributed by atoms with van der Waals surface area (Å²) in [4.78, 5) is 91.5. The normalized spacial score (nSPS) is 17.1. The minimum Gasteiger partial charge on any atom is -0.507 e. The van der Waals surface area contributed by atoms with Crippen LogP contribution >= 0.6 is 11.6 Å². The maximum Gasteiger partial charge on any atom is 0.251 e. The standard InChI is InChI=1S/C48H53ClN8O8/c1-27(40(58)20-17-35-25-51-26-52-35)53-46(63)39-23-29-7-18-41(59)36(22-29)37-24-33(14-19-42(37)60)43(47(64)54-28(2)44(61)56-39)57(3)48(65)38(6-4-5-21-50)55-45(62)32-10-8-30(9-11-32)31-12-15-34(49)16-13-31/h7-16,18-19,22,24-28,38-39,43,59-60H,4-6,17,20-21,23,50H2,1-3H3,(H,51,52)(H,53,63)(H,54,64)(H,55,62)(H,56,61). The first kappa shape index (κ1) is 47.4. The summed E-state index contributed by atoms with van der Waals surface area (Å²) in [6, 6.07) is 16.9. The molecule has 340 valence electrons. The number of Topliss-reactive ketones (excluding diaryl/α,β-unsaturated/α-hetero) is 1. The van der Waals surface area contributed by atoms with Crippen molar-refractivity contribution in [3.8, 4) is 33.8 Å². The third-order valence-corrected chi connectivity index (χ3v) is 11.7. The maximum atomic E-state index is 14.6. The van der Waals surface area contributed by atoms with Crippen LogP contribution in [0.5, 0.6) is 11.5 Å². The molecule has 5 amide bonds. The van der Waals surface area contributed by atoms with Gasteiger partial charge in [0.15, 0.2) is 5.78 Å². The van der Waals surface area contributed by atoms with E-state index in [2.05, 4.69) is 31.2 Å². The van der Waals surface area contributed by atoms with Crippen LogP contribution in [-0.2, 0) is 36.8 Å². The number of carbonyl (C=O) groups excluding carboxylic acids is 6. The third-order valence-electron chi connectivity index (χ3n) is 11.4. The zero-order chi connectivity index (χ0) is 46.8. The molecule has 1 aliphatic heterocycles. The van der Waals surface area contributed by atoms with Gasteiger partial charge in [0, 0.05) is 53.5 Å². The number of H-pyrrole nitrogens is 1. The molecule has 5 unspecified atom stereocenters. The number of likely N-dealkylation sites (N-methyl/N-ethyl adjacent to an activating group) is 1. The predicted octanol–water partition coefficient (Wildman–Crippen LogP) is 4.49. The van der Waals surface area contributed by atoms with E-state index in [1.54, 1.807) is 61.7 Å². The second kappa shape index (κ2) is 21.6. The fourth-order valence-corrected chi connectivity index (χ4v) is 7.75. The monoisotopic (exact) mass is 904 g/mol. The SMILES string of the molecule is CC(NC(=O)C1Cc2ccc(O)c(c2)-c2cc(ccc2O)C(N(C)C(=O)C(CCCCN)NC(=O)c2ccc(-c3ccc(Cl)cc3)cc2)C(=O)NC(C)C(=O)N1)C(=O)CCc1cnc[nH]1. The Hall–Kier alpha value is -7.04. The fraction of sp³-hybridized carbons (Fsp3) is 0.312. The molecule has 1 aliphatic rings. The Morgan fingerprint density at radius 1 is 0.877 bits per heavy atom. The molecule has 2 heterocycles. The highest BCUT2D eigenvalue weighted by Gasteiger charge is 2.36. The van der Waals surface area contributed by atoms with Crippen LogP contribution in [-0.4, -0.2) is 98.2 Å². The molecule has 16 nitrogen and oxygen atoms in total. The number of halogens is 1. The molecule has 4 bridgehead atoms. The van der Waals surface area contributed by atoms with Crippen molar-refractivity contribution in [1.29, 1.82) is 0 Å². The lowest BCUT2D eigenvalue weighted by Crippen LogP contribution is -2.56. The number of aromatic hydroxyl groups is 2. The van der Waals surface area contributed by atoms with Gasteiger partial charge in [0.25, 0.3) is 5.91 Å². The predicted molar refractivity (Wildman–Crippen MR) is 245 cm³/mol. The Bertz CT molecular complexity index is 2520. The quantitative estimate of drug-likeness (QED) is 0.0684. The molecule has 5 aromatic rings. The number of aryl methyl sites for hydroxylation is 1. The van der Waals surface area contributed by atoms with Gasteiger partial charge in [0.2, 0.25) is 23.6 Å². The Morgan fingerprint density at radius 3 is 2.20 bits per heavy atom. The largest absolute Gasteiger partial charge is 0.507 e. The van der Waals surface area contributed by atoms with Gasteiger partial charge in [-0.3, -0.25) is 28.8 Å². The van der Waals surface area contributed by atoms with Gasteiger partial charge < -0.3 is 47.1 Å². The van der Waals surface area contributed by atoms with Gasteiger partial charge >= 0.3 is 0 Å². The molecular weight excluding hydrogens is 852 g/mol. The van der Waals surface area contributed by atoms with Crippen LogP contribution in [0.2, 0.25) is 5.02 Å². The number of nitrogens with one attached hydrogen (secondary N) is 5. The highest BCUT2D eigenvalue weighted by atomic mass is 35.5. The van der Waals surface area contributed by atoms with Crippen molar-refractivity contribution in [1.82, 2.24) is 36.1 Å². The number of aromatic amines is 1. The van der Waals surface area contributed by atoms with Crippen molar-refractivity contribution >= 4 is 46.9 Å². The number of imidazole rings is 1. The zero-order valence-electron chi connectivity index (χ0n) is 36.3. The Kier molecular flexibility index (Phi) is 15.7. The Morgan fingerprint density at radius 2 is 1.54 bits per heavy atom. The van der Waals surface area contributed by atoms with Crippen LogP contribution in [0.1, 0.15) is 72.8 Å². The van der Waals surface area contributed by atoms with Crippen molar-refractivity contribution < 1.29 is 39.0 Å². The second-order valence-electron chi connectivity index (χ2n) is 16.1. The summed E-state index contributed by atoms with van der Waals surface area (Å²) in [5.41, 5.74) is 9.54. The van der Waals surface area contributed by atoms with E-state index < -0.39 is 59.7 Å². The van der Waals surface area contributed by atoms with Gasteiger partial charge in [-0.2, -0.15) is 0 Å². The number of phenolic OH excluding ortho intramolecular Hbond substituents is 2. The number of fused-ring (bicyclic) bond motifs is 5. The van der Waals surface area contributed by atoms with E-state index in [1.165, 1.54) is 44.6 Å². The zero-order valence-corrected chi connectivity index (χ0v) is 37.0. The number of benzene rings is 4. The van der Waals surface area contributed by atoms with E-state index in [1.807, 2.05) is 12.1 Å². The minimum absolute atomic E-state index is 0.0926. The molecule has 1 aromatic heterocycles. The summed E-state index contributed by atoms with van der Waals surface area (Å²) in [6.45, 7) is 3.31. The molecule has 0 fully saturated rings. The number of nitrogens with two attached hydrogens (primary N) is 1. The maximum absolute atomic E-state index is 14.6. The lowest BCUT2D eigenvalue weighted by Gasteiger charge is -2.32. The first-order chi connectivity index (χ1) is 31.1. The van der Waals surface area contributed by atoms with Crippen molar-refractivity contribution in [3.63, 3.8) is 0 Å². The molecule has 9 N–H and O–H groups in total. The van der Waals surface area contributed by atoms with Crippen LogP contribution in [0, 0.1) is 0 Å². The molecule has 6 rings (SSSR count). The lowest BCUT2D eigenvalue weighted by molar-refractivity contribution is -0.141. The summed E-state index contributed by atoms with van der Waals surface area (Å²) in [5.74, 6) is -4.10. The molecule has 4 aromatic carbocycles. The van der Waals surface area contributed by atoms with Gasteiger partial charge in [0.1, 0.15) is 35.7 Å². The van der Waals surface area contributed by atoms with E-state index in [9.17, 15) is 39.0 Å². The van der Waals surface area contributed by atoms with E-state index in [-0.39, 0.29) is 53.2 Å². The number of phenols is 2. The smallest absolute Gasteiger partial charge is 0.251 e. The summed E-state index contributed by atoms with van der Waals surface area (Å²) < 4.78 is 0. The Balaban J connectivity index is 1.28. The first-order valence-electron chi connectivity index (χ1n) is 21.3. The van der Waals surface area contributed by atoms with Crippen LogP contribution in [0.3, 0.4) is 0 Å². The van der Waals surface area contributed by atoms with Gasteiger partial charge in [-0.15, -0.1) is 0 Å². The number of ketones is 1. The molecule has 5 atom stereocenters. The fourth-order valence-electron chi connectivity index (χ4n) is 7.63. The van der Waals surface area contributed by atoms with Crippen molar-refractivity contribution in [2.45, 2.75) is 82.6 Å².